The van der Waals surface area contributed by atoms with Crippen LogP contribution in [0.3, 0.4) is 0 Å². The van der Waals surface area contributed by atoms with E-state index in [0.29, 0.717) is 35.3 Å². The van der Waals surface area contributed by atoms with Crippen LogP contribution < -0.4 is 5.32 Å². The Morgan fingerprint density at radius 2 is 2.08 bits per heavy atom. The average molecular weight is 371 g/mol. The largest absolute Gasteiger partial charge is 0.462 e. The molecule has 3 aromatic rings. The third kappa shape index (κ3) is 3.94. The van der Waals surface area contributed by atoms with E-state index < -0.39 is 5.97 Å². The quantitative estimate of drug-likeness (QED) is 0.667. The molecule has 1 N–H and O–H groups in total. The van der Waals surface area contributed by atoms with E-state index in [1.807, 2.05) is 6.20 Å². The normalized spacial score (nSPS) is 10.9. The molecule has 0 saturated carbocycles. The fourth-order valence-corrected chi connectivity index (χ4v) is 3.63. The number of benzene rings is 1. The average Bonchev–Trinajstić information content (AvgIpc) is 3.16. The molecule has 0 saturated heterocycles. The topological polar surface area (TPSA) is 73.2 Å². The SMILES string of the molecule is CCOC(=O)c1sc(NC(=O)CCn2ccc3cc(C)ccc32)nc1C. The number of esters is 1. The monoisotopic (exact) mass is 371 g/mol. The highest BCUT2D eigenvalue weighted by Gasteiger charge is 2.17. The summed E-state index contributed by atoms with van der Waals surface area (Å²) in [5, 5.41) is 4.35. The van der Waals surface area contributed by atoms with Crippen molar-refractivity contribution in [2.24, 2.45) is 0 Å². The van der Waals surface area contributed by atoms with Crippen molar-refractivity contribution in [2.45, 2.75) is 33.7 Å². The van der Waals surface area contributed by atoms with E-state index in [1.165, 1.54) is 10.9 Å². The first kappa shape index (κ1) is 18.1. The summed E-state index contributed by atoms with van der Waals surface area (Å²) in [6, 6.07) is 8.31. The highest BCUT2D eigenvalue weighted by Crippen LogP contribution is 2.24. The van der Waals surface area contributed by atoms with E-state index in [9.17, 15) is 9.59 Å². The first-order valence-electron chi connectivity index (χ1n) is 8.48. The number of thiazole rings is 1. The molecule has 0 atom stereocenters. The summed E-state index contributed by atoms with van der Waals surface area (Å²) in [7, 11) is 0. The maximum atomic E-state index is 12.2. The summed E-state index contributed by atoms with van der Waals surface area (Å²) in [6.07, 6.45) is 2.31. The number of ether oxygens (including phenoxy) is 1. The maximum absolute atomic E-state index is 12.2. The number of anilines is 1. The third-order valence-electron chi connectivity index (χ3n) is 4.01. The van der Waals surface area contributed by atoms with Crippen LogP contribution in [0.5, 0.6) is 0 Å². The summed E-state index contributed by atoms with van der Waals surface area (Å²) in [5.74, 6) is -0.541. The molecule has 0 aliphatic heterocycles. The van der Waals surface area contributed by atoms with Crippen LogP contribution in [0, 0.1) is 13.8 Å². The molecular formula is C19H21N3O3S. The Morgan fingerprint density at radius 1 is 1.27 bits per heavy atom. The molecule has 7 heteroatoms. The predicted molar refractivity (Wildman–Crippen MR) is 103 cm³/mol. The predicted octanol–water partition coefficient (Wildman–Crippen LogP) is 3.92. The Kier molecular flexibility index (Phi) is 5.37. The number of nitrogens with zero attached hydrogens (tertiary/aromatic N) is 2. The van der Waals surface area contributed by atoms with E-state index in [1.54, 1.807) is 13.8 Å². The third-order valence-corrected chi connectivity index (χ3v) is 5.06. The van der Waals surface area contributed by atoms with Gasteiger partial charge in [0.05, 0.1) is 12.3 Å². The molecule has 0 unspecified atom stereocenters. The second-order valence-corrected chi connectivity index (χ2v) is 7.02. The zero-order valence-electron chi connectivity index (χ0n) is 15.0. The summed E-state index contributed by atoms with van der Waals surface area (Å²) in [4.78, 5) is 28.7. The number of fused-ring (bicyclic) bond motifs is 1. The first-order valence-corrected chi connectivity index (χ1v) is 9.29. The van der Waals surface area contributed by atoms with Gasteiger partial charge in [-0.3, -0.25) is 4.79 Å². The van der Waals surface area contributed by atoms with Crippen molar-refractivity contribution < 1.29 is 14.3 Å². The molecule has 2 aromatic heterocycles. The van der Waals surface area contributed by atoms with E-state index >= 15 is 0 Å². The van der Waals surface area contributed by atoms with Gasteiger partial charge in [0.1, 0.15) is 4.88 Å². The number of hydrogen-bond donors (Lipinski definition) is 1. The second kappa shape index (κ2) is 7.70. The molecule has 1 aromatic carbocycles. The Bertz CT molecular complexity index is 958. The van der Waals surface area contributed by atoms with Crippen molar-refractivity contribution in [3.63, 3.8) is 0 Å². The number of nitrogens with one attached hydrogen (secondary N) is 1. The molecule has 0 radical (unpaired) electrons. The number of aromatic nitrogens is 2. The van der Waals surface area contributed by atoms with Crippen LogP contribution in [-0.4, -0.2) is 28.0 Å². The van der Waals surface area contributed by atoms with Crippen LogP contribution in [0.2, 0.25) is 0 Å². The van der Waals surface area contributed by atoms with Crippen molar-refractivity contribution in [1.82, 2.24) is 9.55 Å². The summed E-state index contributed by atoms with van der Waals surface area (Å²) in [6.45, 7) is 6.43. The lowest BCUT2D eigenvalue weighted by Gasteiger charge is -2.06. The van der Waals surface area contributed by atoms with Gasteiger partial charge in [0.15, 0.2) is 5.13 Å². The molecule has 1 amide bonds. The standard InChI is InChI=1S/C19H21N3O3S/c1-4-25-18(24)17-13(3)20-19(26-17)21-16(23)8-10-22-9-7-14-11-12(2)5-6-15(14)22/h5-7,9,11H,4,8,10H2,1-3H3,(H,20,21,23). The zero-order chi connectivity index (χ0) is 18.7. The highest BCUT2D eigenvalue weighted by atomic mass is 32.1. The van der Waals surface area contributed by atoms with Crippen molar-refractivity contribution >= 4 is 39.2 Å². The molecule has 26 heavy (non-hydrogen) atoms. The molecule has 0 fully saturated rings. The minimum Gasteiger partial charge on any atom is -0.462 e. The van der Waals surface area contributed by atoms with Gasteiger partial charge < -0.3 is 14.6 Å². The second-order valence-electron chi connectivity index (χ2n) is 6.02. The van der Waals surface area contributed by atoms with Gasteiger partial charge in [-0.25, -0.2) is 9.78 Å². The lowest BCUT2D eigenvalue weighted by atomic mass is 10.2. The van der Waals surface area contributed by atoms with Gasteiger partial charge in [-0.05, 0) is 44.4 Å². The van der Waals surface area contributed by atoms with E-state index in [0.717, 1.165) is 16.9 Å². The summed E-state index contributed by atoms with van der Waals surface area (Å²) in [5.41, 5.74) is 2.89. The van der Waals surface area contributed by atoms with Crippen molar-refractivity contribution in [1.29, 1.82) is 0 Å². The van der Waals surface area contributed by atoms with Crippen molar-refractivity contribution in [3.05, 3.63) is 46.6 Å². The number of carbonyl (C=O) groups excluding carboxylic acids is 2. The van der Waals surface area contributed by atoms with Gasteiger partial charge in [0, 0.05) is 24.7 Å². The smallest absolute Gasteiger partial charge is 0.350 e. The first-order chi connectivity index (χ1) is 12.5. The number of rotatable bonds is 6. The number of amides is 1. The maximum Gasteiger partial charge on any atom is 0.350 e. The fraction of sp³-hybridized carbons (Fsp3) is 0.316. The minimum atomic E-state index is -0.405. The summed E-state index contributed by atoms with van der Waals surface area (Å²) >= 11 is 1.14. The van der Waals surface area contributed by atoms with Gasteiger partial charge in [0.2, 0.25) is 5.91 Å². The van der Waals surface area contributed by atoms with Crippen LogP contribution in [0.4, 0.5) is 5.13 Å². The Hall–Kier alpha value is -2.67. The van der Waals surface area contributed by atoms with Gasteiger partial charge in [-0.2, -0.15) is 0 Å². The summed E-state index contributed by atoms with van der Waals surface area (Å²) < 4.78 is 7.05. The van der Waals surface area contributed by atoms with Crippen molar-refractivity contribution in [2.75, 3.05) is 11.9 Å². The van der Waals surface area contributed by atoms with Crippen LogP contribution >= 0.6 is 11.3 Å². The Morgan fingerprint density at radius 3 is 2.85 bits per heavy atom. The van der Waals surface area contributed by atoms with Gasteiger partial charge >= 0.3 is 5.97 Å². The number of hydrogen-bond acceptors (Lipinski definition) is 5. The number of aryl methyl sites for hydroxylation is 3. The van der Waals surface area contributed by atoms with Crippen LogP contribution in [0.1, 0.15) is 34.3 Å². The molecule has 0 spiro atoms. The molecule has 2 heterocycles. The molecule has 0 aliphatic carbocycles. The molecule has 6 nitrogen and oxygen atoms in total. The lowest BCUT2D eigenvalue weighted by molar-refractivity contribution is -0.116. The fourth-order valence-electron chi connectivity index (χ4n) is 2.75. The van der Waals surface area contributed by atoms with E-state index in [4.69, 9.17) is 4.74 Å². The van der Waals surface area contributed by atoms with E-state index in [2.05, 4.69) is 46.1 Å². The van der Waals surface area contributed by atoms with E-state index in [-0.39, 0.29) is 5.91 Å². The molecular weight excluding hydrogens is 350 g/mol. The Labute approximate surface area is 155 Å². The van der Waals surface area contributed by atoms with Gasteiger partial charge in [-0.15, -0.1) is 0 Å². The molecule has 3 rings (SSSR count). The minimum absolute atomic E-state index is 0.136. The van der Waals surface area contributed by atoms with Crippen LogP contribution in [0.15, 0.2) is 30.5 Å². The zero-order valence-corrected chi connectivity index (χ0v) is 15.9. The lowest BCUT2D eigenvalue weighted by Crippen LogP contribution is -2.14. The van der Waals surface area contributed by atoms with Gasteiger partial charge in [-0.1, -0.05) is 23.0 Å². The molecule has 136 valence electrons. The van der Waals surface area contributed by atoms with Gasteiger partial charge in [0.25, 0.3) is 0 Å². The van der Waals surface area contributed by atoms with Crippen LogP contribution in [0.25, 0.3) is 10.9 Å². The molecule has 0 bridgehead atoms. The Balaban J connectivity index is 1.62. The highest BCUT2D eigenvalue weighted by molar-refractivity contribution is 7.17. The number of carbonyl (C=O) groups is 2. The van der Waals surface area contributed by atoms with Crippen molar-refractivity contribution in [3.8, 4) is 0 Å². The van der Waals surface area contributed by atoms with Crippen LogP contribution in [-0.2, 0) is 16.1 Å². The molecule has 0 aliphatic rings.